The molecule has 0 aliphatic heterocycles. The molecular formula is C14H9N5O. The summed E-state index contributed by atoms with van der Waals surface area (Å²) in [5, 5.41) is 18.7. The molecule has 1 aromatic carbocycles. The summed E-state index contributed by atoms with van der Waals surface area (Å²) in [5.41, 5.74) is 1.30. The van der Waals surface area contributed by atoms with E-state index in [0.717, 1.165) is 10.9 Å². The zero-order chi connectivity index (χ0) is 13.9. The maximum Gasteiger partial charge on any atom is 0.275 e. The molecule has 0 saturated heterocycles. The van der Waals surface area contributed by atoms with Crippen molar-refractivity contribution in [2.75, 3.05) is 5.32 Å². The SMILES string of the molecule is N#Cc1cn[nH]c1NC(=O)c1ccc2ccccc2n1. The van der Waals surface area contributed by atoms with Crippen molar-refractivity contribution in [3.63, 3.8) is 0 Å². The largest absolute Gasteiger partial charge is 0.304 e. The molecule has 0 atom stereocenters. The van der Waals surface area contributed by atoms with Gasteiger partial charge in [0.1, 0.15) is 23.1 Å². The quantitative estimate of drug-likeness (QED) is 0.740. The number of benzene rings is 1. The normalized spacial score (nSPS) is 10.2. The molecule has 0 spiro atoms. The highest BCUT2D eigenvalue weighted by Gasteiger charge is 2.12. The summed E-state index contributed by atoms with van der Waals surface area (Å²) in [6.07, 6.45) is 1.35. The Hall–Kier alpha value is -3.20. The van der Waals surface area contributed by atoms with Crippen LogP contribution in [0.2, 0.25) is 0 Å². The molecule has 1 amide bonds. The molecule has 0 radical (unpaired) electrons. The van der Waals surface area contributed by atoms with Gasteiger partial charge in [-0.1, -0.05) is 24.3 Å². The second-order valence-corrected chi connectivity index (χ2v) is 4.11. The van der Waals surface area contributed by atoms with Crippen molar-refractivity contribution in [3.8, 4) is 6.07 Å². The van der Waals surface area contributed by atoms with Crippen molar-refractivity contribution in [2.45, 2.75) is 0 Å². The molecule has 2 aromatic heterocycles. The van der Waals surface area contributed by atoms with E-state index >= 15 is 0 Å². The first-order valence-electron chi connectivity index (χ1n) is 5.88. The van der Waals surface area contributed by atoms with Gasteiger partial charge in [0.15, 0.2) is 0 Å². The van der Waals surface area contributed by atoms with E-state index in [2.05, 4.69) is 20.5 Å². The van der Waals surface area contributed by atoms with Gasteiger partial charge in [0.2, 0.25) is 0 Å². The van der Waals surface area contributed by atoms with Crippen LogP contribution in [0.25, 0.3) is 10.9 Å². The van der Waals surface area contributed by atoms with Gasteiger partial charge in [0, 0.05) is 5.39 Å². The van der Waals surface area contributed by atoms with Gasteiger partial charge >= 0.3 is 0 Å². The fourth-order valence-corrected chi connectivity index (χ4v) is 1.84. The number of rotatable bonds is 2. The molecule has 2 heterocycles. The summed E-state index contributed by atoms with van der Waals surface area (Å²) < 4.78 is 0. The molecule has 0 fully saturated rings. The number of nitrogens with one attached hydrogen (secondary N) is 2. The monoisotopic (exact) mass is 263 g/mol. The van der Waals surface area contributed by atoms with Crippen LogP contribution in [0.4, 0.5) is 5.82 Å². The zero-order valence-electron chi connectivity index (χ0n) is 10.3. The minimum Gasteiger partial charge on any atom is -0.304 e. The van der Waals surface area contributed by atoms with E-state index < -0.39 is 5.91 Å². The Bertz CT molecular complexity index is 831. The van der Waals surface area contributed by atoms with E-state index in [1.54, 1.807) is 6.07 Å². The summed E-state index contributed by atoms with van der Waals surface area (Å²) in [6, 6.07) is 12.9. The van der Waals surface area contributed by atoms with E-state index in [4.69, 9.17) is 5.26 Å². The van der Waals surface area contributed by atoms with Crippen LogP contribution in [0.1, 0.15) is 16.1 Å². The van der Waals surface area contributed by atoms with Crippen LogP contribution in [-0.2, 0) is 0 Å². The van der Waals surface area contributed by atoms with Crippen molar-refractivity contribution in [1.29, 1.82) is 5.26 Å². The third-order valence-electron chi connectivity index (χ3n) is 2.83. The first-order valence-corrected chi connectivity index (χ1v) is 5.88. The van der Waals surface area contributed by atoms with Gasteiger partial charge in [0.25, 0.3) is 5.91 Å². The molecular weight excluding hydrogens is 254 g/mol. The lowest BCUT2D eigenvalue weighted by Crippen LogP contribution is -2.14. The first kappa shape index (κ1) is 11.9. The van der Waals surface area contributed by atoms with Crippen molar-refractivity contribution < 1.29 is 4.79 Å². The zero-order valence-corrected chi connectivity index (χ0v) is 10.3. The highest BCUT2D eigenvalue weighted by Crippen LogP contribution is 2.14. The number of carbonyl (C=O) groups excluding carboxylic acids is 1. The number of anilines is 1. The highest BCUT2D eigenvalue weighted by molar-refractivity contribution is 6.04. The summed E-state index contributed by atoms with van der Waals surface area (Å²) >= 11 is 0. The van der Waals surface area contributed by atoms with Gasteiger partial charge in [-0.3, -0.25) is 9.89 Å². The molecule has 3 aromatic rings. The van der Waals surface area contributed by atoms with E-state index in [1.165, 1.54) is 6.20 Å². The first-order chi connectivity index (χ1) is 9.78. The fraction of sp³-hybridized carbons (Fsp3) is 0. The van der Waals surface area contributed by atoms with E-state index in [1.807, 2.05) is 36.4 Å². The molecule has 0 unspecified atom stereocenters. The Morgan fingerprint density at radius 1 is 1.25 bits per heavy atom. The Kier molecular flexibility index (Phi) is 2.86. The van der Waals surface area contributed by atoms with Gasteiger partial charge < -0.3 is 5.32 Å². The number of aromatic amines is 1. The number of carbonyl (C=O) groups is 1. The minimum atomic E-state index is -0.392. The van der Waals surface area contributed by atoms with Gasteiger partial charge in [-0.15, -0.1) is 0 Å². The van der Waals surface area contributed by atoms with Crippen LogP contribution in [0.15, 0.2) is 42.6 Å². The Balaban J connectivity index is 1.91. The predicted molar refractivity (Wildman–Crippen MR) is 73.0 cm³/mol. The van der Waals surface area contributed by atoms with Crippen molar-refractivity contribution in [2.24, 2.45) is 0 Å². The highest BCUT2D eigenvalue weighted by atomic mass is 16.1. The maximum atomic E-state index is 12.1. The number of nitriles is 1. The Labute approximate surface area is 114 Å². The summed E-state index contributed by atoms with van der Waals surface area (Å²) in [5.74, 6) is -0.121. The van der Waals surface area contributed by atoms with Gasteiger partial charge in [-0.2, -0.15) is 10.4 Å². The summed E-state index contributed by atoms with van der Waals surface area (Å²) in [7, 11) is 0. The molecule has 96 valence electrons. The van der Waals surface area contributed by atoms with Crippen LogP contribution < -0.4 is 5.32 Å². The fourth-order valence-electron chi connectivity index (χ4n) is 1.84. The van der Waals surface area contributed by atoms with Crippen LogP contribution in [0, 0.1) is 11.3 Å². The Morgan fingerprint density at radius 3 is 2.95 bits per heavy atom. The molecule has 20 heavy (non-hydrogen) atoms. The third kappa shape index (κ3) is 2.08. The van der Waals surface area contributed by atoms with Crippen LogP contribution in [0.5, 0.6) is 0 Å². The van der Waals surface area contributed by atoms with Crippen molar-refractivity contribution in [3.05, 3.63) is 53.9 Å². The summed E-state index contributed by atoms with van der Waals surface area (Å²) in [4.78, 5) is 16.4. The van der Waals surface area contributed by atoms with Gasteiger partial charge in [-0.25, -0.2) is 4.98 Å². The molecule has 0 aliphatic carbocycles. The van der Waals surface area contributed by atoms with Crippen molar-refractivity contribution in [1.82, 2.24) is 15.2 Å². The lowest BCUT2D eigenvalue weighted by Gasteiger charge is -2.03. The second-order valence-electron chi connectivity index (χ2n) is 4.11. The lowest BCUT2D eigenvalue weighted by atomic mass is 10.2. The van der Waals surface area contributed by atoms with E-state index in [9.17, 15) is 4.79 Å². The van der Waals surface area contributed by atoms with Crippen LogP contribution in [-0.4, -0.2) is 21.1 Å². The number of aromatic nitrogens is 3. The lowest BCUT2D eigenvalue weighted by molar-refractivity contribution is 0.102. The number of hydrogen-bond acceptors (Lipinski definition) is 4. The topological polar surface area (TPSA) is 94.5 Å². The molecule has 0 bridgehead atoms. The smallest absolute Gasteiger partial charge is 0.275 e. The van der Waals surface area contributed by atoms with Crippen molar-refractivity contribution >= 4 is 22.6 Å². The molecule has 6 heteroatoms. The van der Waals surface area contributed by atoms with E-state index in [0.29, 0.717) is 0 Å². The molecule has 0 aliphatic rings. The number of H-pyrrole nitrogens is 1. The average molecular weight is 263 g/mol. The number of para-hydroxylation sites is 1. The summed E-state index contributed by atoms with van der Waals surface area (Å²) in [6.45, 7) is 0. The molecule has 0 saturated carbocycles. The second kappa shape index (κ2) is 4.82. The van der Waals surface area contributed by atoms with E-state index in [-0.39, 0.29) is 17.1 Å². The third-order valence-corrected chi connectivity index (χ3v) is 2.83. The maximum absolute atomic E-state index is 12.1. The average Bonchev–Trinajstić information content (AvgIpc) is 2.94. The molecule has 2 N–H and O–H groups in total. The van der Waals surface area contributed by atoms with Crippen LogP contribution >= 0.6 is 0 Å². The minimum absolute atomic E-state index is 0.271. The number of nitrogens with zero attached hydrogens (tertiary/aromatic N) is 3. The number of pyridine rings is 1. The molecule has 3 rings (SSSR count). The number of hydrogen-bond donors (Lipinski definition) is 2. The Morgan fingerprint density at radius 2 is 2.10 bits per heavy atom. The number of fused-ring (bicyclic) bond motifs is 1. The van der Waals surface area contributed by atoms with Crippen LogP contribution in [0.3, 0.4) is 0 Å². The van der Waals surface area contributed by atoms with Gasteiger partial charge in [0.05, 0.1) is 11.7 Å². The number of amides is 1. The standard InChI is InChI=1S/C14H9N5O/c15-7-10-8-16-19-13(10)18-14(20)12-6-5-9-3-1-2-4-11(9)17-12/h1-6,8H,(H2,16,18,19,20). The molecule has 6 nitrogen and oxygen atoms in total. The van der Waals surface area contributed by atoms with Gasteiger partial charge in [-0.05, 0) is 12.1 Å². The predicted octanol–water partition coefficient (Wildman–Crippen LogP) is 2.08.